The fourth-order valence-corrected chi connectivity index (χ4v) is 3.42. The van der Waals surface area contributed by atoms with Gasteiger partial charge in [-0.3, -0.25) is 4.68 Å². The Bertz CT molecular complexity index is 638. The summed E-state index contributed by atoms with van der Waals surface area (Å²) in [5, 5.41) is 18.3. The molecule has 0 aliphatic rings. The van der Waals surface area contributed by atoms with Crippen molar-refractivity contribution in [3.8, 4) is 0 Å². The van der Waals surface area contributed by atoms with E-state index in [0.717, 1.165) is 28.6 Å². The molecule has 0 aliphatic carbocycles. The summed E-state index contributed by atoms with van der Waals surface area (Å²) in [6, 6.07) is 0. The van der Waals surface area contributed by atoms with Crippen molar-refractivity contribution in [2.24, 2.45) is 0 Å². The van der Waals surface area contributed by atoms with E-state index in [4.69, 9.17) is 5.11 Å². The summed E-state index contributed by atoms with van der Waals surface area (Å²) in [4.78, 5) is 5.95. The number of aromatic nitrogens is 3. The second kappa shape index (κ2) is 6.48. The molecule has 2 heterocycles. The third-order valence-electron chi connectivity index (χ3n) is 4.11. The fraction of sp³-hybridized carbons (Fsp3) is 0.625. The van der Waals surface area contributed by atoms with Gasteiger partial charge in [-0.15, -0.1) is 11.3 Å². The number of nitrogens with zero attached hydrogens (tertiary/aromatic N) is 3. The molecule has 0 unspecified atom stereocenters. The first-order valence-electron chi connectivity index (χ1n) is 7.59. The van der Waals surface area contributed by atoms with Crippen LogP contribution in [0.3, 0.4) is 0 Å². The quantitative estimate of drug-likeness (QED) is 0.858. The highest BCUT2D eigenvalue weighted by atomic mass is 32.1. The molecule has 122 valence electrons. The first kappa shape index (κ1) is 17.1. The summed E-state index contributed by atoms with van der Waals surface area (Å²) < 4.78 is 1.87. The fourth-order valence-electron chi connectivity index (χ4n) is 2.43. The van der Waals surface area contributed by atoms with E-state index in [0.29, 0.717) is 6.54 Å². The second-order valence-electron chi connectivity index (χ2n) is 6.24. The number of hydrogen-bond acceptors (Lipinski definition) is 5. The molecule has 0 saturated carbocycles. The molecular formula is C16H26N4OS. The third kappa shape index (κ3) is 3.39. The zero-order valence-corrected chi connectivity index (χ0v) is 15.1. The Labute approximate surface area is 136 Å². The number of thiazole rings is 1. The molecule has 2 rings (SSSR count). The molecule has 6 heteroatoms. The zero-order valence-electron chi connectivity index (χ0n) is 14.3. The Morgan fingerprint density at radius 3 is 2.41 bits per heavy atom. The molecule has 0 atom stereocenters. The minimum absolute atomic E-state index is 0.109. The van der Waals surface area contributed by atoms with Crippen LogP contribution in [0.25, 0.3) is 0 Å². The summed E-state index contributed by atoms with van der Waals surface area (Å²) in [6.45, 7) is 14.0. The summed E-state index contributed by atoms with van der Waals surface area (Å²) in [6.07, 6.45) is 0. The Kier molecular flexibility index (Phi) is 5.04. The van der Waals surface area contributed by atoms with Gasteiger partial charge in [0.2, 0.25) is 0 Å². The second-order valence-corrected chi connectivity index (χ2v) is 7.44. The minimum atomic E-state index is -0.179. The molecular weight excluding hydrogens is 296 g/mol. The predicted octanol–water partition coefficient (Wildman–Crippen LogP) is 2.59. The lowest BCUT2D eigenvalue weighted by Gasteiger charge is -2.24. The van der Waals surface area contributed by atoms with Gasteiger partial charge < -0.3 is 10.4 Å². The molecule has 0 amide bonds. The maximum atomic E-state index is 9.10. The first-order chi connectivity index (χ1) is 10.3. The molecule has 0 fully saturated rings. The zero-order chi connectivity index (χ0) is 16.5. The van der Waals surface area contributed by atoms with E-state index in [9.17, 15) is 0 Å². The smallest absolute Gasteiger partial charge is 0.113 e. The minimum Gasteiger partial charge on any atom is -0.394 e. The van der Waals surface area contributed by atoms with Gasteiger partial charge in [0.15, 0.2) is 0 Å². The lowest BCUT2D eigenvalue weighted by molar-refractivity contribution is 0.267. The average Bonchev–Trinajstić information content (AvgIpc) is 2.91. The topological polar surface area (TPSA) is 63.0 Å². The molecule has 0 radical (unpaired) electrons. The lowest BCUT2D eigenvalue weighted by atomic mass is 10.1. The Hall–Kier alpha value is -1.24. The molecule has 0 bridgehead atoms. The number of nitrogens with one attached hydrogen (secondary N) is 1. The van der Waals surface area contributed by atoms with Gasteiger partial charge in [-0.2, -0.15) is 5.10 Å². The van der Waals surface area contributed by atoms with Gasteiger partial charge in [0.05, 0.1) is 30.1 Å². The monoisotopic (exact) mass is 322 g/mol. The van der Waals surface area contributed by atoms with Gasteiger partial charge in [-0.25, -0.2) is 4.98 Å². The summed E-state index contributed by atoms with van der Waals surface area (Å²) >= 11 is 1.75. The summed E-state index contributed by atoms with van der Waals surface area (Å²) in [7, 11) is 0. The van der Waals surface area contributed by atoms with E-state index in [2.05, 4.69) is 50.0 Å². The van der Waals surface area contributed by atoms with Crippen molar-refractivity contribution in [2.75, 3.05) is 6.61 Å². The van der Waals surface area contributed by atoms with Gasteiger partial charge >= 0.3 is 0 Å². The number of aliphatic hydroxyl groups excluding tert-OH is 1. The Morgan fingerprint density at radius 2 is 1.86 bits per heavy atom. The number of rotatable bonds is 6. The standard InChI is InChI=1S/C16H26N4OS/c1-10-13(4)22-15(18-10)16(5,6)17-9-14-11(2)19-20(7-8-21)12(14)3/h17,21H,7-9H2,1-6H3. The van der Waals surface area contributed by atoms with Gasteiger partial charge in [-0.1, -0.05) is 0 Å². The van der Waals surface area contributed by atoms with Crippen molar-refractivity contribution in [2.45, 2.75) is 60.2 Å². The van der Waals surface area contributed by atoms with Crippen molar-refractivity contribution in [3.63, 3.8) is 0 Å². The predicted molar refractivity (Wildman–Crippen MR) is 90.2 cm³/mol. The van der Waals surface area contributed by atoms with Crippen LogP contribution in [0.4, 0.5) is 0 Å². The Morgan fingerprint density at radius 1 is 1.18 bits per heavy atom. The van der Waals surface area contributed by atoms with Crippen LogP contribution in [-0.2, 0) is 18.6 Å². The summed E-state index contributed by atoms with van der Waals surface area (Å²) in [5.41, 5.74) is 4.26. The van der Waals surface area contributed by atoms with Crippen LogP contribution >= 0.6 is 11.3 Å². The maximum Gasteiger partial charge on any atom is 0.113 e. The van der Waals surface area contributed by atoms with E-state index in [1.165, 1.54) is 10.4 Å². The number of hydrogen-bond donors (Lipinski definition) is 2. The van der Waals surface area contributed by atoms with E-state index in [1.54, 1.807) is 11.3 Å². The molecule has 0 aliphatic heterocycles. The highest BCUT2D eigenvalue weighted by molar-refractivity contribution is 7.11. The molecule has 2 N–H and O–H groups in total. The third-order valence-corrected chi connectivity index (χ3v) is 5.51. The van der Waals surface area contributed by atoms with Crippen molar-refractivity contribution < 1.29 is 5.11 Å². The Balaban J connectivity index is 2.15. The molecule has 0 saturated heterocycles. The SMILES string of the molecule is Cc1nc(C(C)(C)NCc2c(C)nn(CCO)c2C)sc1C. The average molecular weight is 322 g/mol. The van der Waals surface area contributed by atoms with Crippen molar-refractivity contribution >= 4 is 11.3 Å². The van der Waals surface area contributed by atoms with Crippen LogP contribution in [0, 0.1) is 27.7 Å². The molecule has 5 nitrogen and oxygen atoms in total. The van der Waals surface area contributed by atoms with Gasteiger partial charge in [0, 0.05) is 22.7 Å². The molecule has 2 aromatic rings. The largest absolute Gasteiger partial charge is 0.394 e. The van der Waals surface area contributed by atoms with Crippen LogP contribution < -0.4 is 5.32 Å². The van der Waals surface area contributed by atoms with Crippen LogP contribution in [-0.4, -0.2) is 26.5 Å². The van der Waals surface area contributed by atoms with Crippen LogP contribution in [0.15, 0.2) is 0 Å². The van der Waals surface area contributed by atoms with Crippen molar-refractivity contribution in [3.05, 3.63) is 32.5 Å². The first-order valence-corrected chi connectivity index (χ1v) is 8.41. The highest BCUT2D eigenvalue weighted by Crippen LogP contribution is 2.28. The highest BCUT2D eigenvalue weighted by Gasteiger charge is 2.25. The van der Waals surface area contributed by atoms with E-state index in [1.807, 2.05) is 11.6 Å². The summed E-state index contributed by atoms with van der Waals surface area (Å²) in [5.74, 6) is 0. The maximum absolute atomic E-state index is 9.10. The van der Waals surface area contributed by atoms with Crippen LogP contribution in [0.1, 0.15) is 46.4 Å². The molecule has 0 aromatic carbocycles. The number of aliphatic hydroxyl groups is 1. The van der Waals surface area contributed by atoms with Crippen molar-refractivity contribution in [1.29, 1.82) is 0 Å². The molecule has 2 aromatic heterocycles. The van der Waals surface area contributed by atoms with E-state index >= 15 is 0 Å². The number of aryl methyl sites for hydroxylation is 3. The van der Waals surface area contributed by atoms with Gasteiger partial charge in [0.1, 0.15) is 5.01 Å². The van der Waals surface area contributed by atoms with E-state index in [-0.39, 0.29) is 12.1 Å². The van der Waals surface area contributed by atoms with Gasteiger partial charge in [0.25, 0.3) is 0 Å². The van der Waals surface area contributed by atoms with Crippen molar-refractivity contribution in [1.82, 2.24) is 20.1 Å². The van der Waals surface area contributed by atoms with E-state index < -0.39 is 0 Å². The van der Waals surface area contributed by atoms with Crippen LogP contribution in [0.2, 0.25) is 0 Å². The molecule has 22 heavy (non-hydrogen) atoms. The lowest BCUT2D eigenvalue weighted by Crippen LogP contribution is -2.36. The van der Waals surface area contributed by atoms with Gasteiger partial charge in [-0.05, 0) is 41.5 Å². The van der Waals surface area contributed by atoms with Crippen LogP contribution in [0.5, 0.6) is 0 Å². The molecule has 0 spiro atoms. The normalized spacial score (nSPS) is 12.1.